The minimum absolute atomic E-state index is 0.00233. The van der Waals surface area contributed by atoms with Crippen molar-refractivity contribution in [2.45, 2.75) is 6.92 Å². The molecule has 0 atom stereocenters. The SMILES string of the molecule is COc1cc(OCC(C)=O)ccc1I. The number of rotatable bonds is 4. The molecule has 0 bridgehead atoms. The van der Waals surface area contributed by atoms with E-state index in [1.807, 2.05) is 12.1 Å². The Morgan fingerprint density at radius 1 is 1.50 bits per heavy atom. The molecule has 0 aliphatic rings. The first kappa shape index (κ1) is 11.3. The predicted octanol–water partition coefficient (Wildman–Crippen LogP) is 2.27. The second-order valence-corrected chi connectivity index (χ2v) is 3.95. The topological polar surface area (TPSA) is 35.5 Å². The van der Waals surface area contributed by atoms with E-state index in [0.29, 0.717) is 5.75 Å². The Morgan fingerprint density at radius 2 is 2.21 bits per heavy atom. The van der Waals surface area contributed by atoms with Gasteiger partial charge >= 0.3 is 0 Å². The summed E-state index contributed by atoms with van der Waals surface area (Å²) in [6.45, 7) is 1.59. The van der Waals surface area contributed by atoms with E-state index in [1.165, 1.54) is 6.92 Å². The van der Waals surface area contributed by atoms with Crippen LogP contribution in [0.3, 0.4) is 0 Å². The summed E-state index contributed by atoms with van der Waals surface area (Å²) in [5.41, 5.74) is 0. The van der Waals surface area contributed by atoms with Gasteiger partial charge < -0.3 is 9.47 Å². The van der Waals surface area contributed by atoms with Crippen LogP contribution in [0.4, 0.5) is 0 Å². The van der Waals surface area contributed by atoms with Gasteiger partial charge in [-0.2, -0.15) is 0 Å². The molecule has 0 aromatic heterocycles. The van der Waals surface area contributed by atoms with Crippen molar-refractivity contribution in [1.82, 2.24) is 0 Å². The Bertz CT molecular complexity index is 336. The maximum absolute atomic E-state index is 10.7. The van der Waals surface area contributed by atoms with Crippen molar-refractivity contribution in [3.8, 4) is 11.5 Å². The number of benzene rings is 1. The maximum atomic E-state index is 10.7. The van der Waals surface area contributed by atoms with Gasteiger partial charge in [0, 0.05) is 6.07 Å². The summed E-state index contributed by atoms with van der Waals surface area (Å²) in [5.74, 6) is 1.41. The maximum Gasteiger partial charge on any atom is 0.167 e. The lowest BCUT2D eigenvalue weighted by atomic mass is 10.3. The molecule has 76 valence electrons. The van der Waals surface area contributed by atoms with E-state index in [-0.39, 0.29) is 12.4 Å². The standard InChI is InChI=1S/C10H11IO3/c1-7(12)6-14-8-3-4-9(11)10(5-8)13-2/h3-5H,6H2,1-2H3. The number of carbonyl (C=O) groups is 1. The minimum atomic E-state index is 0.00233. The van der Waals surface area contributed by atoms with Crippen LogP contribution in [-0.4, -0.2) is 19.5 Å². The van der Waals surface area contributed by atoms with Crippen molar-refractivity contribution in [1.29, 1.82) is 0 Å². The molecule has 0 fully saturated rings. The average Bonchev–Trinajstić information content (AvgIpc) is 2.16. The number of hydrogen-bond donors (Lipinski definition) is 0. The summed E-state index contributed by atoms with van der Waals surface area (Å²) in [5, 5.41) is 0. The van der Waals surface area contributed by atoms with Crippen LogP contribution in [0.25, 0.3) is 0 Å². The fraction of sp³-hybridized carbons (Fsp3) is 0.300. The first-order chi connectivity index (χ1) is 6.63. The van der Waals surface area contributed by atoms with Gasteiger partial charge in [-0.05, 0) is 41.6 Å². The van der Waals surface area contributed by atoms with E-state index in [2.05, 4.69) is 22.6 Å². The highest BCUT2D eigenvalue weighted by molar-refractivity contribution is 14.1. The molecule has 0 heterocycles. The first-order valence-electron chi connectivity index (χ1n) is 4.09. The van der Waals surface area contributed by atoms with E-state index in [4.69, 9.17) is 9.47 Å². The normalized spacial score (nSPS) is 9.64. The monoisotopic (exact) mass is 306 g/mol. The molecular weight excluding hydrogens is 295 g/mol. The Morgan fingerprint density at radius 3 is 2.79 bits per heavy atom. The third-order valence-corrected chi connectivity index (χ3v) is 2.46. The van der Waals surface area contributed by atoms with Gasteiger partial charge in [0.2, 0.25) is 0 Å². The molecule has 14 heavy (non-hydrogen) atoms. The summed E-state index contributed by atoms with van der Waals surface area (Å²) in [6, 6.07) is 5.47. The van der Waals surface area contributed by atoms with E-state index in [0.717, 1.165) is 9.32 Å². The lowest BCUT2D eigenvalue weighted by Crippen LogP contribution is -2.06. The van der Waals surface area contributed by atoms with Gasteiger partial charge in [0.1, 0.15) is 18.1 Å². The van der Waals surface area contributed by atoms with Crippen LogP contribution >= 0.6 is 22.6 Å². The fourth-order valence-electron chi connectivity index (χ4n) is 0.915. The number of hydrogen-bond acceptors (Lipinski definition) is 3. The van der Waals surface area contributed by atoms with Gasteiger partial charge in [-0.3, -0.25) is 4.79 Å². The number of Topliss-reactive ketones (excluding diaryl/α,β-unsaturated/α-hetero) is 1. The molecular formula is C10H11IO3. The number of methoxy groups -OCH3 is 1. The fourth-order valence-corrected chi connectivity index (χ4v) is 1.47. The number of carbonyl (C=O) groups excluding carboxylic acids is 1. The molecule has 0 radical (unpaired) electrons. The molecule has 0 N–H and O–H groups in total. The Labute approximate surface area is 96.5 Å². The van der Waals surface area contributed by atoms with Crippen molar-refractivity contribution in [3.05, 3.63) is 21.8 Å². The molecule has 0 saturated carbocycles. The van der Waals surface area contributed by atoms with Crippen molar-refractivity contribution in [3.63, 3.8) is 0 Å². The summed E-state index contributed by atoms with van der Waals surface area (Å²) >= 11 is 2.17. The lowest BCUT2D eigenvalue weighted by molar-refractivity contribution is -0.118. The van der Waals surface area contributed by atoms with Gasteiger partial charge in [-0.15, -0.1) is 0 Å². The van der Waals surface area contributed by atoms with E-state index >= 15 is 0 Å². The quantitative estimate of drug-likeness (QED) is 0.801. The Balaban J connectivity index is 2.74. The summed E-state index contributed by atoms with van der Waals surface area (Å²) < 4.78 is 11.4. The first-order valence-corrected chi connectivity index (χ1v) is 5.17. The molecule has 3 nitrogen and oxygen atoms in total. The molecule has 0 aliphatic heterocycles. The van der Waals surface area contributed by atoms with Crippen molar-refractivity contribution in [2.24, 2.45) is 0 Å². The zero-order chi connectivity index (χ0) is 10.6. The van der Waals surface area contributed by atoms with Gasteiger partial charge in [0.15, 0.2) is 5.78 Å². The Kier molecular flexibility index (Phi) is 4.19. The number of halogens is 1. The van der Waals surface area contributed by atoms with Crippen LogP contribution in [0.5, 0.6) is 11.5 Å². The zero-order valence-corrected chi connectivity index (χ0v) is 10.2. The lowest BCUT2D eigenvalue weighted by Gasteiger charge is -2.07. The smallest absolute Gasteiger partial charge is 0.167 e. The van der Waals surface area contributed by atoms with Crippen LogP contribution in [0, 0.1) is 3.57 Å². The molecule has 0 amide bonds. The van der Waals surface area contributed by atoms with Crippen molar-refractivity contribution >= 4 is 28.4 Å². The molecule has 0 unspecified atom stereocenters. The number of ketones is 1. The van der Waals surface area contributed by atoms with Gasteiger partial charge in [0.25, 0.3) is 0 Å². The highest BCUT2D eigenvalue weighted by Gasteiger charge is 2.02. The summed E-state index contributed by atoms with van der Waals surface area (Å²) in [6.07, 6.45) is 0. The Hall–Kier alpha value is -0.780. The van der Waals surface area contributed by atoms with E-state index in [1.54, 1.807) is 13.2 Å². The van der Waals surface area contributed by atoms with Gasteiger partial charge in [-0.25, -0.2) is 0 Å². The van der Waals surface area contributed by atoms with Gasteiger partial charge in [-0.1, -0.05) is 0 Å². The largest absolute Gasteiger partial charge is 0.496 e. The third-order valence-electron chi connectivity index (χ3n) is 1.56. The van der Waals surface area contributed by atoms with Crippen molar-refractivity contribution in [2.75, 3.05) is 13.7 Å². The summed E-state index contributed by atoms with van der Waals surface area (Å²) in [7, 11) is 1.60. The molecule has 1 aromatic carbocycles. The second kappa shape index (κ2) is 5.19. The summed E-state index contributed by atoms with van der Waals surface area (Å²) in [4.78, 5) is 10.7. The zero-order valence-electron chi connectivity index (χ0n) is 8.04. The number of ether oxygens (including phenoxy) is 2. The highest BCUT2D eigenvalue weighted by Crippen LogP contribution is 2.25. The van der Waals surface area contributed by atoms with Crippen molar-refractivity contribution < 1.29 is 14.3 Å². The molecule has 0 aliphatic carbocycles. The highest BCUT2D eigenvalue weighted by atomic mass is 127. The molecule has 0 spiro atoms. The molecule has 0 saturated heterocycles. The average molecular weight is 306 g/mol. The van der Waals surface area contributed by atoms with Crippen LogP contribution in [0.1, 0.15) is 6.92 Å². The molecule has 4 heteroatoms. The third kappa shape index (κ3) is 3.17. The van der Waals surface area contributed by atoms with E-state index < -0.39 is 0 Å². The van der Waals surface area contributed by atoms with E-state index in [9.17, 15) is 4.79 Å². The van der Waals surface area contributed by atoms with Crippen LogP contribution < -0.4 is 9.47 Å². The van der Waals surface area contributed by atoms with Gasteiger partial charge in [0.05, 0.1) is 10.7 Å². The predicted molar refractivity (Wildman–Crippen MR) is 61.9 cm³/mol. The second-order valence-electron chi connectivity index (χ2n) is 2.79. The van der Waals surface area contributed by atoms with Crippen LogP contribution in [0.15, 0.2) is 18.2 Å². The van der Waals surface area contributed by atoms with Crippen LogP contribution in [-0.2, 0) is 4.79 Å². The van der Waals surface area contributed by atoms with Crippen LogP contribution in [0.2, 0.25) is 0 Å². The molecule has 1 aromatic rings. The molecule has 1 rings (SSSR count). The minimum Gasteiger partial charge on any atom is -0.496 e.